The number of amides is 1. The number of rotatable bonds is 6. The van der Waals surface area contributed by atoms with Crippen LogP contribution in [-0.2, 0) is 5.41 Å². The molecule has 3 aromatic rings. The number of ether oxygens (including phenoxy) is 1. The van der Waals surface area contributed by atoms with Gasteiger partial charge in [-0.25, -0.2) is 9.97 Å². The van der Waals surface area contributed by atoms with Gasteiger partial charge in [0.15, 0.2) is 11.6 Å². The molecule has 0 saturated carbocycles. The maximum Gasteiger partial charge on any atom is 0.573 e. The molecule has 1 N–H and O–H groups in total. The number of carbonyl (C=O) groups excluding carboxylic acids is 1. The average Bonchev–Trinajstić information content (AvgIpc) is 3.28. The molecule has 2 heterocycles. The minimum absolute atomic E-state index is 0.0856. The second kappa shape index (κ2) is 9.19. The van der Waals surface area contributed by atoms with Gasteiger partial charge in [-0.2, -0.15) is 20.3 Å². The molecule has 0 aliphatic carbocycles. The van der Waals surface area contributed by atoms with Crippen LogP contribution in [0.2, 0.25) is 0 Å². The lowest BCUT2D eigenvalue weighted by atomic mass is 9.84. The van der Waals surface area contributed by atoms with E-state index in [1.807, 2.05) is 12.1 Å². The summed E-state index contributed by atoms with van der Waals surface area (Å²) in [6, 6.07) is 9.97. The summed E-state index contributed by atoms with van der Waals surface area (Å²) in [5.41, 5.74) is -1.50. The fraction of sp³-hybridized carbons (Fsp3) is 0.273. The standard InChI is InChI=1S/C22H18F3N7O2/c1-13(19-29-12-30-32(19)17-8-7-14(9-26)10-28-17)31-20(33)15-5-4-6-16(21(2,3)11-27)18(15)34-22(23,24)25/h4-8,10,12-13H,1-3H3,(H,31,33). The average molecular weight is 469 g/mol. The van der Waals surface area contributed by atoms with E-state index in [4.69, 9.17) is 5.26 Å². The van der Waals surface area contributed by atoms with Gasteiger partial charge in [0.1, 0.15) is 18.1 Å². The van der Waals surface area contributed by atoms with Gasteiger partial charge >= 0.3 is 6.36 Å². The van der Waals surface area contributed by atoms with Crippen molar-refractivity contribution in [1.82, 2.24) is 25.1 Å². The second-order valence-corrected chi connectivity index (χ2v) is 7.71. The molecule has 1 unspecified atom stereocenters. The minimum Gasteiger partial charge on any atom is -0.405 e. The SMILES string of the molecule is CC(NC(=O)c1cccc(C(C)(C)C#N)c1OC(F)(F)F)c1ncnn1-c1ccc(C#N)cn1. The fourth-order valence-corrected chi connectivity index (χ4v) is 3.13. The number of hydrogen-bond acceptors (Lipinski definition) is 7. The van der Waals surface area contributed by atoms with Gasteiger partial charge in [0, 0.05) is 11.8 Å². The molecule has 1 aromatic carbocycles. The predicted octanol–water partition coefficient (Wildman–Crippen LogP) is 3.72. The van der Waals surface area contributed by atoms with E-state index in [-0.39, 0.29) is 11.4 Å². The van der Waals surface area contributed by atoms with Crippen LogP contribution in [0.25, 0.3) is 5.82 Å². The van der Waals surface area contributed by atoms with Crippen molar-refractivity contribution in [2.45, 2.75) is 38.6 Å². The van der Waals surface area contributed by atoms with Crippen molar-refractivity contribution in [3.8, 4) is 23.7 Å². The third-order valence-corrected chi connectivity index (χ3v) is 4.83. The lowest BCUT2D eigenvalue weighted by Gasteiger charge is -2.23. The molecule has 0 bridgehead atoms. The van der Waals surface area contributed by atoms with Gasteiger partial charge < -0.3 is 10.1 Å². The zero-order chi connectivity index (χ0) is 25.1. The first kappa shape index (κ1) is 24.2. The van der Waals surface area contributed by atoms with Crippen molar-refractivity contribution in [2.75, 3.05) is 0 Å². The molecule has 0 spiro atoms. The van der Waals surface area contributed by atoms with E-state index in [9.17, 15) is 23.2 Å². The Bertz CT molecular complexity index is 1290. The van der Waals surface area contributed by atoms with Crippen LogP contribution in [0.4, 0.5) is 13.2 Å². The van der Waals surface area contributed by atoms with Gasteiger partial charge in [-0.3, -0.25) is 4.79 Å². The monoisotopic (exact) mass is 469 g/mol. The molecule has 12 heteroatoms. The van der Waals surface area contributed by atoms with Gasteiger partial charge in [-0.05, 0) is 39.0 Å². The Labute approximate surface area is 192 Å². The van der Waals surface area contributed by atoms with Crippen LogP contribution in [0.5, 0.6) is 5.75 Å². The van der Waals surface area contributed by atoms with Gasteiger partial charge in [0.2, 0.25) is 0 Å². The molecule has 1 amide bonds. The zero-order valence-corrected chi connectivity index (χ0v) is 18.3. The van der Waals surface area contributed by atoms with Gasteiger partial charge in [0.25, 0.3) is 5.91 Å². The minimum atomic E-state index is -5.08. The van der Waals surface area contributed by atoms with E-state index in [2.05, 4.69) is 25.1 Å². The highest BCUT2D eigenvalue weighted by molar-refractivity contribution is 5.97. The van der Waals surface area contributed by atoms with Crippen molar-refractivity contribution < 1.29 is 22.7 Å². The van der Waals surface area contributed by atoms with E-state index in [0.29, 0.717) is 11.4 Å². The summed E-state index contributed by atoms with van der Waals surface area (Å²) in [5, 5.41) is 25.0. The van der Waals surface area contributed by atoms with E-state index in [0.717, 1.165) is 0 Å². The lowest BCUT2D eigenvalue weighted by Crippen LogP contribution is -2.31. The zero-order valence-electron chi connectivity index (χ0n) is 18.3. The summed E-state index contributed by atoms with van der Waals surface area (Å²) in [7, 11) is 0. The topological polar surface area (TPSA) is 130 Å². The first-order chi connectivity index (χ1) is 16.0. The van der Waals surface area contributed by atoms with Crippen molar-refractivity contribution in [3.63, 3.8) is 0 Å². The Kier molecular flexibility index (Phi) is 6.54. The maximum absolute atomic E-state index is 13.2. The molecule has 0 saturated heterocycles. The smallest absolute Gasteiger partial charge is 0.405 e. The molecule has 2 aromatic heterocycles. The number of para-hydroxylation sites is 1. The summed E-state index contributed by atoms with van der Waals surface area (Å²) < 4.78 is 45.0. The number of pyridine rings is 1. The molecular formula is C22H18F3N7O2. The van der Waals surface area contributed by atoms with E-state index in [1.54, 1.807) is 6.92 Å². The summed E-state index contributed by atoms with van der Waals surface area (Å²) in [4.78, 5) is 21.2. The molecule has 1 atom stereocenters. The first-order valence-corrected chi connectivity index (χ1v) is 9.84. The number of alkyl halides is 3. The molecule has 0 fully saturated rings. The quantitative estimate of drug-likeness (QED) is 0.582. The number of aromatic nitrogens is 4. The summed E-state index contributed by atoms with van der Waals surface area (Å²) in [6.45, 7) is 4.40. The van der Waals surface area contributed by atoms with E-state index in [1.165, 1.54) is 61.4 Å². The van der Waals surface area contributed by atoms with E-state index >= 15 is 0 Å². The molecule has 0 radical (unpaired) electrons. The van der Waals surface area contributed by atoms with Crippen LogP contribution in [0.15, 0.2) is 42.9 Å². The Morgan fingerprint density at radius 2 is 1.91 bits per heavy atom. The van der Waals surface area contributed by atoms with Crippen LogP contribution >= 0.6 is 0 Å². The normalized spacial score (nSPS) is 12.4. The molecule has 3 rings (SSSR count). The Balaban J connectivity index is 1.95. The Morgan fingerprint density at radius 3 is 2.50 bits per heavy atom. The van der Waals surface area contributed by atoms with Crippen LogP contribution in [0.3, 0.4) is 0 Å². The number of nitrogens with one attached hydrogen (secondary N) is 1. The molecule has 0 aliphatic heterocycles. The Morgan fingerprint density at radius 1 is 1.18 bits per heavy atom. The van der Waals surface area contributed by atoms with Gasteiger partial charge in [0.05, 0.1) is 28.7 Å². The highest BCUT2D eigenvalue weighted by Gasteiger charge is 2.37. The highest BCUT2D eigenvalue weighted by Crippen LogP contribution is 2.37. The second-order valence-electron chi connectivity index (χ2n) is 7.71. The number of nitriles is 2. The maximum atomic E-state index is 13.2. The number of carbonyl (C=O) groups is 1. The highest BCUT2D eigenvalue weighted by atomic mass is 19.4. The number of benzene rings is 1. The first-order valence-electron chi connectivity index (χ1n) is 9.84. The number of hydrogen-bond donors (Lipinski definition) is 1. The predicted molar refractivity (Wildman–Crippen MR) is 112 cm³/mol. The number of nitrogens with zero attached hydrogens (tertiary/aromatic N) is 6. The van der Waals surface area contributed by atoms with Crippen molar-refractivity contribution in [2.24, 2.45) is 0 Å². The summed E-state index contributed by atoms with van der Waals surface area (Å²) in [5.74, 6) is -1.05. The van der Waals surface area contributed by atoms with Crippen molar-refractivity contribution >= 4 is 5.91 Å². The van der Waals surface area contributed by atoms with E-state index < -0.39 is 35.0 Å². The van der Waals surface area contributed by atoms with Crippen LogP contribution in [-0.4, -0.2) is 32.0 Å². The molecule has 174 valence electrons. The summed E-state index contributed by atoms with van der Waals surface area (Å²) >= 11 is 0. The third kappa shape index (κ3) is 5.13. The molecule has 34 heavy (non-hydrogen) atoms. The van der Waals surface area contributed by atoms with Gasteiger partial charge in [-0.1, -0.05) is 12.1 Å². The number of halogens is 3. The molecule has 9 nitrogen and oxygen atoms in total. The van der Waals surface area contributed by atoms with Crippen LogP contribution in [0.1, 0.15) is 54.1 Å². The van der Waals surface area contributed by atoms with Crippen molar-refractivity contribution in [3.05, 3.63) is 65.4 Å². The largest absolute Gasteiger partial charge is 0.573 e. The molecule has 0 aliphatic rings. The Hall–Kier alpha value is -4.45. The van der Waals surface area contributed by atoms with Crippen molar-refractivity contribution in [1.29, 1.82) is 10.5 Å². The fourth-order valence-electron chi connectivity index (χ4n) is 3.13. The third-order valence-electron chi connectivity index (χ3n) is 4.83. The van der Waals surface area contributed by atoms with Crippen LogP contribution < -0.4 is 10.1 Å². The van der Waals surface area contributed by atoms with Gasteiger partial charge in [-0.15, -0.1) is 13.2 Å². The lowest BCUT2D eigenvalue weighted by molar-refractivity contribution is -0.275. The van der Waals surface area contributed by atoms with Crippen LogP contribution in [0, 0.1) is 22.7 Å². The summed E-state index contributed by atoms with van der Waals surface area (Å²) in [6.07, 6.45) is -2.51. The molecular weight excluding hydrogens is 451 g/mol.